The number of hydrogen-bond acceptors (Lipinski definition) is 2. The fraction of sp³-hybridized carbons (Fsp3) is 0.0227. The molecule has 7 heteroatoms. The number of aryl methyl sites for hydroxylation is 1. The van der Waals surface area contributed by atoms with Crippen molar-refractivity contribution in [1.29, 1.82) is 0 Å². The van der Waals surface area contributed by atoms with Gasteiger partial charge in [0.25, 0.3) is 10.0 Å². The van der Waals surface area contributed by atoms with Crippen LogP contribution in [-0.2, 0) is 10.0 Å². The predicted molar refractivity (Wildman–Crippen MR) is 208 cm³/mol. The van der Waals surface area contributed by atoms with Crippen LogP contribution in [0.4, 0.5) is 0 Å². The topological polar surface area (TPSA) is 61.3 Å². The van der Waals surface area contributed by atoms with Gasteiger partial charge in [-0.2, -0.15) is 8.42 Å². The fourth-order valence-electron chi connectivity index (χ4n) is 8.41. The summed E-state index contributed by atoms with van der Waals surface area (Å²) in [4.78, 5) is 0.247. The molecule has 0 atom stereocenters. The predicted octanol–water partition coefficient (Wildman–Crippen LogP) is 10.3. The van der Waals surface area contributed by atoms with Gasteiger partial charge in [-0.15, -0.1) is 4.40 Å². The van der Waals surface area contributed by atoms with E-state index in [1.807, 2.05) is 17.6 Å². The van der Waals surface area contributed by atoms with Gasteiger partial charge in [0.15, 0.2) is 5.84 Å². The Balaban J connectivity index is 1.26. The average Bonchev–Trinajstić information content (AvgIpc) is 3.86. The molecule has 0 amide bonds. The van der Waals surface area contributed by atoms with Gasteiger partial charge in [0.05, 0.1) is 33.1 Å². The molecule has 10 aromatic rings. The third kappa shape index (κ3) is 3.81. The molecule has 0 unspecified atom stereocenters. The number of benzene rings is 7. The minimum Gasteiger partial charge on any atom is -0.309 e. The van der Waals surface area contributed by atoms with Crippen LogP contribution >= 0.6 is 0 Å². The molecule has 0 N–H and O–H groups in total. The highest BCUT2D eigenvalue weighted by Gasteiger charge is 2.33. The normalized spacial score (nSPS) is 14.0. The molecule has 0 bridgehead atoms. The van der Waals surface area contributed by atoms with Gasteiger partial charge in [-0.1, -0.05) is 84.9 Å². The number of sulfonamides is 1. The van der Waals surface area contributed by atoms with Gasteiger partial charge in [0, 0.05) is 49.3 Å². The van der Waals surface area contributed by atoms with Crippen molar-refractivity contribution in [3.05, 3.63) is 163 Å². The summed E-state index contributed by atoms with van der Waals surface area (Å²) in [5.74, 6) is 0.428. The standard InChI is InChI=1S/C44H28N4O2S/c1-27-11-10-20-42-43(27)44(45-51(42,49)50)48-40-23-21-28(46-36-16-6-2-12-30(36)31-13-3-7-17-37(31)46)25-34(40)35-26-29(22-24-41(35)48)47-38-18-8-4-14-32(38)33-15-5-9-19-39(33)47/h2-26H,1H3. The van der Waals surface area contributed by atoms with Crippen molar-refractivity contribution >= 4 is 81.3 Å². The van der Waals surface area contributed by atoms with Crippen LogP contribution in [-0.4, -0.2) is 28.0 Å². The van der Waals surface area contributed by atoms with E-state index in [0.717, 1.165) is 60.8 Å². The van der Waals surface area contributed by atoms with Crippen LogP contribution in [0.15, 0.2) is 161 Å². The van der Waals surface area contributed by atoms with E-state index in [4.69, 9.17) is 0 Å². The molecule has 0 spiro atoms. The Hall–Kier alpha value is -6.44. The first-order valence-electron chi connectivity index (χ1n) is 17.0. The van der Waals surface area contributed by atoms with Crippen LogP contribution in [0.25, 0.3) is 76.8 Å². The van der Waals surface area contributed by atoms with Crippen molar-refractivity contribution in [3.8, 4) is 11.4 Å². The smallest absolute Gasteiger partial charge is 0.285 e. The second kappa shape index (κ2) is 10.1. The van der Waals surface area contributed by atoms with Crippen LogP contribution in [0.2, 0.25) is 0 Å². The summed E-state index contributed by atoms with van der Waals surface area (Å²) in [6.07, 6.45) is 0. The summed E-state index contributed by atoms with van der Waals surface area (Å²) in [6.45, 7) is 1.95. The van der Waals surface area contributed by atoms with Gasteiger partial charge >= 0.3 is 0 Å². The minimum atomic E-state index is -3.87. The maximum Gasteiger partial charge on any atom is 0.285 e. The van der Waals surface area contributed by atoms with Gasteiger partial charge in [0.1, 0.15) is 4.90 Å². The summed E-state index contributed by atoms with van der Waals surface area (Å²) in [5.41, 5.74) is 9.86. The molecule has 242 valence electrons. The lowest BCUT2D eigenvalue weighted by atomic mass is 10.1. The molecule has 3 aromatic heterocycles. The fourth-order valence-corrected chi connectivity index (χ4v) is 9.67. The Bertz CT molecular complexity index is 3010. The highest BCUT2D eigenvalue weighted by molar-refractivity contribution is 7.90. The summed E-state index contributed by atoms with van der Waals surface area (Å²) in [6, 6.07) is 52.4. The van der Waals surface area contributed by atoms with E-state index in [-0.39, 0.29) is 4.90 Å². The van der Waals surface area contributed by atoms with E-state index in [9.17, 15) is 8.42 Å². The molecule has 6 nitrogen and oxygen atoms in total. The van der Waals surface area contributed by atoms with E-state index in [0.29, 0.717) is 11.4 Å². The summed E-state index contributed by atoms with van der Waals surface area (Å²) < 4.78 is 38.1. The van der Waals surface area contributed by atoms with Gasteiger partial charge in [-0.3, -0.25) is 4.57 Å². The largest absolute Gasteiger partial charge is 0.309 e. The molecule has 51 heavy (non-hydrogen) atoms. The summed E-state index contributed by atoms with van der Waals surface area (Å²) in [5, 5.41) is 6.80. The van der Waals surface area contributed by atoms with Gasteiger partial charge < -0.3 is 9.13 Å². The molecule has 7 aromatic carbocycles. The lowest BCUT2D eigenvalue weighted by Gasteiger charge is -2.12. The maximum absolute atomic E-state index is 13.5. The van der Waals surface area contributed by atoms with Gasteiger partial charge in [-0.05, 0) is 79.2 Å². The zero-order valence-electron chi connectivity index (χ0n) is 27.4. The Kier molecular flexibility index (Phi) is 5.60. The second-order valence-electron chi connectivity index (χ2n) is 13.3. The van der Waals surface area contributed by atoms with Crippen molar-refractivity contribution in [2.45, 2.75) is 11.8 Å². The molecule has 1 aliphatic heterocycles. The zero-order valence-corrected chi connectivity index (χ0v) is 28.3. The van der Waals surface area contributed by atoms with Crippen LogP contribution in [0.1, 0.15) is 11.1 Å². The average molecular weight is 677 g/mol. The molecule has 4 heterocycles. The van der Waals surface area contributed by atoms with Crippen molar-refractivity contribution in [1.82, 2.24) is 13.7 Å². The van der Waals surface area contributed by atoms with Crippen LogP contribution in [0, 0.1) is 6.92 Å². The molecular formula is C44H28N4O2S. The molecule has 0 radical (unpaired) electrons. The summed E-state index contributed by atoms with van der Waals surface area (Å²) >= 11 is 0. The van der Waals surface area contributed by atoms with E-state index < -0.39 is 10.0 Å². The van der Waals surface area contributed by atoms with E-state index in [2.05, 4.69) is 147 Å². The third-order valence-corrected chi connectivity index (χ3v) is 11.9. The van der Waals surface area contributed by atoms with Crippen LogP contribution in [0.5, 0.6) is 0 Å². The minimum absolute atomic E-state index is 0.247. The van der Waals surface area contributed by atoms with Crippen LogP contribution < -0.4 is 0 Å². The number of para-hydroxylation sites is 4. The summed E-state index contributed by atoms with van der Waals surface area (Å²) in [7, 11) is -3.87. The molecule has 0 saturated heterocycles. The number of fused-ring (bicyclic) bond motifs is 10. The zero-order chi connectivity index (χ0) is 34.0. The van der Waals surface area contributed by atoms with E-state index >= 15 is 0 Å². The Morgan fingerprint density at radius 3 is 1.29 bits per heavy atom. The van der Waals surface area contributed by atoms with Gasteiger partial charge in [-0.25, -0.2) is 0 Å². The third-order valence-electron chi connectivity index (χ3n) is 10.6. The number of hydrogen-bond donors (Lipinski definition) is 0. The van der Waals surface area contributed by atoms with Crippen molar-refractivity contribution in [3.63, 3.8) is 0 Å². The molecule has 0 saturated carbocycles. The monoisotopic (exact) mass is 676 g/mol. The first kappa shape index (κ1) is 28.4. The highest BCUT2D eigenvalue weighted by Crippen LogP contribution is 2.40. The Labute approximate surface area is 292 Å². The number of nitrogens with zero attached hydrogens (tertiary/aromatic N) is 4. The molecular weight excluding hydrogens is 649 g/mol. The van der Waals surface area contributed by atoms with Crippen molar-refractivity contribution in [2.24, 2.45) is 4.40 Å². The van der Waals surface area contributed by atoms with Crippen molar-refractivity contribution in [2.75, 3.05) is 0 Å². The van der Waals surface area contributed by atoms with Gasteiger partial charge in [0.2, 0.25) is 0 Å². The van der Waals surface area contributed by atoms with E-state index in [1.165, 1.54) is 21.5 Å². The van der Waals surface area contributed by atoms with Crippen LogP contribution in [0.3, 0.4) is 0 Å². The van der Waals surface area contributed by atoms with Crippen molar-refractivity contribution < 1.29 is 8.42 Å². The Morgan fingerprint density at radius 1 is 0.431 bits per heavy atom. The SMILES string of the molecule is Cc1cccc2c1C(n1c3ccc(-n4c5ccccc5c5ccccc54)cc3c3cc(-n4c5ccccc5c5ccccc54)ccc31)=NS2(=O)=O. The number of rotatable bonds is 2. The molecule has 1 aliphatic rings. The quantitative estimate of drug-likeness (QED) is 0.183. The lowest BCUT2D eigenvalue weighted by Crippen LogP contribution is -2.12. The van der Waals surface area contributed by atoms with E-state index in [1.54, 1.807) is 12.1 Å². The maximum atomic E-state index is 13.5. The Morgan fingerprint density at radius 2 is 0.843 bits per heavy atom. The number of aromatic nitrogens is 3. The molecule has 11 rings (SSSR count). The second-order valence-corrected chi connectivity index (χ2v) is 14.9. The first-order chi connectivity index (χ1) is 25.0. The molecule has 0 fully saturated rings. The highest BCUT2D eigenvalue weighted by atomic mass is 32.2. The first-order valence-corrected chi connectivity index (χ1v) is 18.4. The molecule has 0 aliphatic carbocycles. The lowest BCUT2D eigenvalue weighted by molar-refractivity contribution is 0.599.